The van der Waals surface area contributed by atoms with Crippen LogP contribution in [0.25, 0.3) is 11.1 Å². The van der Waals surface area contributed by atoms with Crippen molar-refractivity contribution in [2.45, 2.75) is 32.4 Å². The summed E-state index contributed by atoms with van der Waals surface area (Å²) in [6, 6.07) is 7.80. The molecule has 4 rings (SSSR count). The summed E-state index contributed by atoms with van der Waals surface area (Å²) in [5.41, 5.74) is 2.53. The fourth-order valence-electron chi connectivity index (χ4n) is 4.32. The van der Waals surface area contributed by atoms with Gasteiger partial charge in [-0.15, -0.1) is 0 Å². The van der Waals surface area contributed by atoms with Crippen molar-refractivity contribution in [3.05, 3.63) is 42.2 Å². The van der Waals surface area contributed by atoms with Crippen molar-refractivity contribution in [2.75, 3.05) is 6.54 Å². The molecule has 2 fully saturated rings. The Kier molecular flexibility index (Phi) is 3.10. The zero-order valence-electron chi connectivity index (χ0n) is 13.4. The van der Waals surface area contributed by atoms with Gasteiger partial charge < -0.3 is 10.0 Å². The highest BCUT2D eigenvalue weighted by atomic mass is 16.3. The van der Waals surface area contributed by atoms with Gasteiger partial charge in [0.2, 0.25) is 0 Å². The number of H-pyrrole nitrogens is 1. The molecule has 2 N–H and O–H groups in total. The van der Waals surface area contributed by atoms with Gasteiger partial charge in [-0.05, 0) is 24.1 Å². The number of aliphatic hydroxyl groups excluding tert-OH is 1. The van der Waals surface area contributed by atoms with Crippen LogP contribution in [0.1, 0.15) is 30.6 Å². The van der Waals surface area contributed by atoms with Crippen LogP contribution in [0.15, 0.2) is 36.7 Å². The van der Waals surface area contributed by atoms with Crippen molar-refractivity contribution in [3.63, 3.8) is 0 Å². The predicted molar refractivity (Wildman–Crippen MR) is 86.7 cm³/mol. The first-order chi connectivity index (χ1) is 11.0. The molecule has 2 aromatic rings. The molecule has 2 aliphatic rings. The second kappa shape index (κ2) is 4.93. The monoisotopic (exact) mass is 311 g/mol. The predicted octanol–water partition coefficient (Wildman–Crippen LogP) is 2.31. The third-order valence-corrected chi connectivity index (χ3v) is 5.60. The molecule has 1 amide bonds. The minimum Gasteiger partial charge on any atom is -0.392 e. The van der Waals surface area contributed by atoms with Crippen molar-refractivity contribution in [2.24, 2.45) is 11.3 Å². The van der Waals surface area contributed by atoms with E-state index in [1.54, 1.807) is 6.20 Å². The Balaban J connectivity index is 1.56. The van der Waals surface area contributed by atoms with Crippen LogP contribution in [-0.4, -0.2) is 44.8 Å². The number of nitrogens with one attached hydrogen (secondary N) is 1. The molecule has 1 saturated carbocycles. The molecule has 2 heterocycles. The van der Waals surface area contributed by atoms with Crippen LogP contribution in [-0.2, 0) is 0 Å². The number of amides is 1. The second-order valence-corrected chi connectivity index (χ2v) is 7.23. The fraction of sp³-hybridized carbons (Fsp3) is 0.444. The van der Waals surface area contributed by atoms with Crippen molar-refractivity contribution in [3.8, 4) is 11.1 Å². The van der Waals surface area contributed by atoms with E-state index in [0.717, 1.165) is 24.1 Å². The molecule has 0 spiro atoms. The number of hydrogen-bond donors (Lipinski definition) is 2. The van der Waals surface area contributed by atoms with Gasteiger partial charge in [-0.25, -0.2) is 0 Å². The minimum absolute atomic E-state index is 0.0659. The molecule has 120 valence electrons. The van der Waals surface area contributed by atoms with Gasteiger partial charge in [-0.2, -0.15) is 5.10 Å². The molecule has 23 heavy (non-hydrogen) atoms. The Morgan fingerprint density at radius 3 is 2.70 bits per heavy atom. The van der Waals surface area contributed by atoms with E-state index in [4.69, 9.17) is 0 Å². The Morgan fingerprint density at radius 1 is 1.30 bits per heavy atom. The normalized spacial score (nSPS) is 28.3. The average molecular weight is 311 g/mol. The summed E-state index contributed by atoms with van der Waals surface area (Å²) < 4.78 is 0. The van der Waals surface area contributed by atoms with E-state index in [-0.39, 0.29) is 29.4 Å². The average Bonchev–Trinajstić information content (AvgIpc) is 3.22. The van der Waals surface area contributed by atoms with Crippen molar-refractivity contribution >= 4 is 5.91 Å². The van der Waals surface area contributed by atoms with Gasteiger partial charge in [0.1, 0.15) is 0 Å². The van der Waals surface area contributed by atoms with Gasteiger partial charge in [0.25, 0.3) is 5.91 Å². The number of benzene rings is 1. The van der Waals surface area contributed by atoms with Gasteiger partial charge >= 0.3 is 0 Å². The van der Waals surface area contributed by atoms with Crippen molar-refractivity contribution < 1.29 is 9.90 Å². The number of likely N-dealkylation sites (tertiary alicyclic amines) is 1. The number of fused-ring (bicyclic) bond motifs is 1. The van der Waals surface area contributed by atoms with Crippen molar-refractivity contribution in [1.29, 1.82) is 0 Å². The van der Waals surface area contributed by atoms with E-state index < -0.39 is 0 Å². The summed E-state index contributed by atoms with van der Waals surface area (Å²) in [6.45, 7) is 4.83. The molecule has 5 heteroatoms. The molecule has 5 nitrogen and oxygen atoms in total. The largest absolute Gasteiger partial charge is 0.392 e. The summed E-state index contributed by atoms with van der Waals surface area (Å²) in [5.74, 6) is 0.301. The van der Waals surface area contributed by atoms with E-state index in [1.165, 1.54) is 0 Å². The lowest BCUT2D eigenvalue weighted by atomic mass is 9.58. The molecular formula is C18H21N3O2. The summed E-state index contributed by atoms with van der Waals surface area (Å²) in [4.78, 5) is 14.8. The number of hydrogen-bond acceptors (Lipinski definition) is 3. The van der Waals surface area contributed by atoms with E-state index in [1.807, 2.05) is 49.2 Å². The number of aliphatic hydroxyl groups is 1. The molecule has 1 aliphatic heterocycles. The minimum atomic E-state index is -0.297. The Labute approximate surface area is 135 Å². The van der Waals surface area contributed by atoms with Gasteiger partial charge in [-0.1, -0.05) is 26.0 Å². The molecule has 1 aliphatic carbocycles. The van der Waals surface area contributed by atoms with E-state index in [2.05, 4.69) is 10.2 Å². The number of carbonyl (C=O) groups excluding carboxylic acids is 1. The van der Waals surface area contributed by atoms with Crippen LogP contribution in [0.3, 0.4) is 0 Å². The SMILES string of the molecule is CC1(C)C(O)[C@@H]2CCN(C(=O)c3ccc(-c4cn[nH]c4)cc3)[C@@H]21. The van der Waals surface area contributed by atoms with Crippen LogP contribution >= 0.6 is 0 Å². The maximum atomic E-state index is 12.9. The first-order valence-electron chi connectivity index (χ1n) is 8.08. The highest BCUT2D eigenvalue weighted by Gasteiger charge is 2.61. The van der Waals surface area contributed by atoms with Crippen LogP contribution in [0.2, 0.25) is 0 Å². The van der Waals surface area contributed by atoms with Crippen LogP contribution in [0, 0.1) is 11.3 Å². The van der Waals surface area contributed by atoms with Gasteiger partial charge in [0, 0.05) is 41.2 Å². The molecular weight excluding hydrogens is 290 g/mol. The van der Waals surface area contributed by atoms with E-state index in [9.17, 15) is 9.90 Å². The third kappa shape index (κ3) is 2.03. The zero-order valence-corrected chi connectivity index (χ0v) is 13.4. The first kappa shape index (κ1) is 14.5. The molecule has 1 aromatic heterocycles. The number of nitrogens with zero attached hydrogens (tertiary/aromatic N) is 2. The van der Waals surface area contributed by atoms with E-state index >= 15 is 0 Å². The summed E-state index contributed by atoms with van der Waals surface area (Å²) in [6.07, 6.45) is 4.20. The lowest BCUT2D eigenvalue weighted by Gasteiger charge is -2.55. The highest BCUT2D eigenvalue weighted by Crippen LogP contribution is 2.53. The van der Waals surface area contributed by atoms with Crippen LogP contribution < -0.4 is 0 Å². The molecule has 0 bridgehead atoms. The number of aromatic amines is 1. The van der Waals surface area contributed by atoms with Crippen LogP contribution in [0.4, 0.5) is 0 Å². The van der Waals surface area contributed by atoms with Gasteiger partial charge in [-0.3, -0.25) is 9.89 Å². The molecule has 1 saturated heterocycles. The highest BCUT2D eigenvalue weighted by molar-refractivity contribution is 5.95. The fourth-order valence-corrected chi connectivity index (χ4v) is 4.32. The Hall–Kier alpha value is -2.14. The number of aromatic nitrogens is 2. The lowest BCUT2D eigenvalue weighted by Crippen LogP contribution is -2.64. The van der Waals surface area contributed by atoms with Gasteiger partial charge in [0.15, 0.2) is 0 Å². The third-order valence-electron chi connectivity index (χ3n) is 5.60. The standard InChI is InChI=1S/C18H21N3O2/c1-18(2)15-14(16(18)22)7-8-21(15)17(23)12-5-3-11(4-6-12)13-9-19-20-10-13/h3-6,9-10,14-16,22H,7-8H2,1-2H3,(H,19,20)/t14-,15+,16?/m1/s1. The van der Waals surface area contributed by atoms with Gasteiger partial charge in [0.05, 0.1) is 12.3 Å². The second-order valence-electron chi connectivity index (χ2n) is 7.23. The molecule has 0 radical (unpaired) electrons. The lowest BCUT2D eigenvalue weighted by molar-refractivity contribution is -0.135. The summed E-state index contributed by atoms with van der Waals surface area (Å²) in [5, 5.41) is 16.9. The first-order valence-corrected chi connectivity index (χ1v) is 8.08. The number of rotatable bonds is 2. The van der Waals surface area contributed by atoms with Crippen molar-refractivity contribution in [1.82, 2.24) is 15.1 Å². The van der Waals surface area contributed by atoms with E-state index in [0.29, 0.717) is 5.56 Å². The smallest absolute Gasteiger partial charge is 0.254 e. The Morgan fingerprint density at radius 2 is 2.04 bits per heavy atom. The summed E-state index contributed by atoms with van der Waals surface area (Å²) in [7, 11) is 0. The molecule has 3 atom stereocenters. The maximum absolute atomic E-state index is 12.9. The summed E-state index contributed by atoms with van der Waals surface area (Å²) >= 11 is 0. The quantitative estimate of drug-likeness (QED) is 0.894. The maximum Gasteiger partial charge on any atom is 0.254 e. The molecule has 1 unspecified atom stereocenters. The number of carbonyl (C=O) groups is 1. The topological polar surface area (TPSA) is 69.2 Å². The van der Waals surface area contributed by atoms with Crippen LogP contribution in [0.5, 0.6) is 0 Å². The molecule has 1 aromatic carbocycles. The zero-order chi connectivity index (χ0) is 16.2. The Bertz CT molecular complexity index is 721.